The number of hydrogen-bond acceptors (Lipinski definition) is 8. The number of amides is 3. The summed E-state index contributed by atoms with van der Waals surface area (Å²) in [6, 6.07) is 30.3. The molecular weight excluding hydrogens is 657 g/mol. The van der Waals surface area contributed by atoms with Crippen molar-refractivity contribution < 1.29 is 47.4 Å². The second kappa shape index (κ2) is 18.5. The van der Waals surface area contributed by atoms with Gasteiger partial charge in [-0.25, -0.2) is 0 Å². The average molecular weight is 691 g/mol. The molecule has 3 amide bonds. The lowest BCUT2D eigenvalue weighted by atomic mass is 9.97. The van der Waals surface area contributed by atoms with Crippen LogP contribution in [0.3, 0.4) is 0 Å². The standard InChI is InChI=1S/C34H34N4O5.C2HF3O2/c35-18-19-36-33(41)29-17-8-7-16-28(29)27-15-9-12-25(20-27)23-38(32(34(42)43)26-13-5-2-6-14-26)31(40)22-37-30(39)21-24-10-3-1-4-11-24;3-2(4,5)1(6)7/h1-17,20,32H,18-19,21-23,35H2,(H,36,41)(H,37,39)(H,42,43);(H,6,7)/p-2. The molecule has 0 aliphatic heterocycles. The smallest absolute Gasteiger partial charge is 0.430 e. The Morgan fingerprint density at radius 3 is 1.94 bits per heavy atom. The van der Waals surface area contributed by atoms with Crippen molar-refractivity contribution in [3.05, 3.63) is 131 Å². The van der Waals surface area contributed by atoms with Gasteiger partial charge in [0.05, 0.1) is 25.0 Å². The van der Waals surface area contributed by atoms with E-state index in [2.05, 4.69) is 10.6 Å². The normalized spacial score (nSPS) is 11.3. The van der Waals surface area contributed by atoms with Crippen molar-refractivity contribution in [1.82, 2.24) is 15.5 Å². The zero-order valence-corrected chi connectivity index (χ0v) is 26.5. The van der Waals surface area contributed by atoms with Crippen LogP contribution >= 0.6 is 0 Å². The highest BCUT2D eigenvalue weighted by atomic mass is 19.4. The van der Waals surface area contributed by atoms with Gasteiger partial charge in [0.1, 0.15) is 5.97 Å². The maximum atomic E-state index is 13.6. The Morgan fingerprint density at radius 2 is 1.34 bits per heavy atom. The second-order valence-corrected chi connectivity index (χ2v) is 10.7. The van der Waals surface area contributed by atoms with Gasteiger partial charge in [-0.3, -0.25) is 14.4 Å². The molecule has 0 aromatic heterocycles. The lowest BCUT2D eigenvalue weighted by Crippen LogP contribution is -2.47. The largest absolute Gasteiger partial charge is 0.548 e. The van der Waals surface area contributed by atoms with Gasteiger partial charge in [0.25, 0.3) is 5.91 Å². The Labute approximate surface area is 285 Å². The summed E-state index contributed by atoms with van der Waals surface area (Å²) in [7, 11) is 0. The Kier molecular flexibility index (Phi) is 14.2. The first-order valence-corrected chi connectivity index (χ1v) is 15.1. The summed E-state index contributed by atoms with van der Waals surface area (Å²) in [5, 5.41) is 26.6. The molecule has 4 N–H and O–H groups in total. The number of carbonyl (C=O) groups excluding carboxylic acids is 5. The summed E-state index contributed by atoms with van der Waals surface area (Å²) in [5.41, 5.74) is 9.16. The van der Waals surface area contributed by atoms with E-state index >= 15 is 0 Å². The molecule has 0 spiro atoms. The van der Waals surface area contributed by atoms with Crippen LogP contribution in [0.2, 0.25) is 0 Å². The third-order valence-corrected chi connectivity index (χ3v) is 7.04. The minimum atomic E-state index is -5.19. The first kappa shape index (κ1) is 38.4. The molecule has 11 nitrogen and oxygen atoms in total. The van der Waals surface area contributed by atoms with E-state index in [4.69, 9.17) is 15.6 Å². The van der Waals surface area contributed by atoms with Crippen LogP contribution < -0.4 is 26.6 Å². The first-order chi connectivity index (χ1) is 23.8. The number of benzene rings is 4. The molecule has 0 saturated carbocycles. The molecule has 0 radical (unpaired) electrons. The number of hydrogen-bond donors (Lipinski definition) is 3. The molecule has 0 fully saturated rings. The molecule has 262 valence electrons. The minimum absolute atomic E-state index is 0.0804. The van der Waals surface area contributed by atoms with Crippen molar-refractivity contribution >= 4 is 29.7 Å². The molecule has 0 bridgehead atoms. The van der Waals surface area contributed by atoms with Gasteiger partial charge in [-0.1, -0.05) is 97.1 Å². The highest BCUT2D eigenvalue weighted by Gasteiger charge is 2.29. The Bertz CT molecular complexity index is 1770. The number of aliphatic carboxylic acids is 2. The maximum absolute atomic E-state index is 13.6. The molecule has 0 aliphatic carbocycles. The zero-order chi connectivity index (χ0) is 36.7. The lowest BCUT2D eigenvalue weighted by Gasteiger charge is -2.33. The summed E-state index contributed by atoms with van der Waals surface area (Å²) < 4.78 is 31.5. The fourth-order valence-corrected chi connectivity index (χ4v) is 4.77. The van der Waals surface area contributed by atoms with E-state index in [1.165, 1.54) is 4.90 Å². The number of halogens is 3. The van der Waals surface area contributed by atoms with E-state index in [-0.39, 0.29) is 24.8 Å². The van der Waals surface area contributed by atoms with Crippen LogP contribution in [-0.4, -0.2) is 60.4 Å². The molecular formula is C36H33F3N4O7-2. The van der Waals surface area contributed by atoms with Gasteiger partial charge in [0, 0.05) is 25.2 Å². The van der Waals surface area contributed by atoms with Crippen LogP contribution in [0.15, 0.2) is 109 Å². The number of nitrogens with zero attached hydrogens (tertiary/aromatic N) is 1. The van der Waals surface area contributed by atoms with E-state index in [0.717, 1.165) is 5.56 Å². The van der Waals surface area contributed by atoms with Crippen molar-refractivity contribution in [2.45, 2.75) is 25.2 Å². The molecule has 1 unspecified atom stereocenters. The number of nitrogens with two attached hydrogens (primary N) is 1. The van der Waals surface area contributed by atoms with Gasteiger partial charge >= 0.3 is 6.18 Å². The summed E-state index contributed by atoms with van der Waals surface area (Å²) in [5.74, 6) is -5.68. The highest BCUT2D eigenvalue weighted by Crippen LogP contribution is 2.27. The molecule has 14 heteroatoms. The monoisotopic (exact) mass is 690 g/mol. The molecule has 0 aliphatic rings. The fraction of sp³-hybridized carbons (Fsp3) is 0.194. The molecule has 0 saturated heterocycles. The summed E-state index contributed by atoms with van der Waals surface area (Å²) in [6.07, 6.45) is -5.11. The highest BCUT2D eigenvalue weighted by molar-refractivity contribution is 6.01. The lowest BCUT2D eigenvalue weighted by molar-refractivity contribution is -0.344. The average Bonchev–Trinajstić information content (AvgIpc) is 3.10. The molecule has 4 aromatic rings. The number of rotatable bonds is 13. The third kappa shape index (κ3) is 11.6. The van der Waals surface area contributed by atoms with Gasteiger partial charge < -0.3 is 41.1 Å². The van der Waals surface area contributed by atoms with Crippen molar-refractivity contribution in [2.75, 3.05) is 19.6 Å². The fourth-order valence-electron chi connectivity index (χ4n) is 4.77. The predicted octanol–water partition coefficient (Wildman–Crippen LogP) is 1.52. The minimum Gasteiger partial charge on any atom is -0.548 e. The van der Waals surface area contributed by atoms with Gasteiger partial charge in [0.15, 0.2) is 0 Å². The molecule has 4 rings (SSSR count). The maximum Gasteiger partial charge on any atom is 0.430 e. The number of carboxylic acids is 2. The summed E-state index contributed by atoms with van der Waals surface area (Å²) in [6.45, 7) is 0.152. The first-order valence-electron chi connectivity index (χ1n) is 15.1. The van der Waals surface area contributed by atoms with Crippen molar-refractivity contribution in [3.8, 4) is 11.1 Å². The summed E-state index contributed by atoms with van der Waals surface area (Å²) >= 11 is 0. The molecule has 0 heterocycles. The van der Waals surface area contributed by atoms with E-state index in [9.17, 15) is 37.5 Å². The van der Waals surface area contributed by atoms with Crippen LogP contribution in [0, 0.1) is 0 Å². The van der Waals surface area contributed by atoms with Crippen LogP contribution in [-0.2, 0) is 32.1 Å². The topological polar surface area (TPSA) is 185 Å². The van der Waals surface area contributed by atoms with Crippen LogP contribution in [0.5, 0.6) is 0 Å². The third-order valence-electron chi connectivity index (χ3n) is 7.04. The van der Waals surface area contributed by atoms with Crippen LogP contribution in [0.4, 0.5) is 13.2 Å². The molecule has 50 heavy (non-hydrogen) atoms. The van der Waals surface area contributed by atoms with Gasteiger partial charge in [-0.15, -0.1) is 0 Å². The predicted molar refractivity (Wildman–Crippen MR) is 172 cm³/mol. The number of carbonyl (C=O) groups is 5. The number of nitrogens with one attached hydrogen (secondary N) is 2. The molecule has 1 atom stereocenters. The van der Waals surface area contributed by atoms with E-state index < -0.39 is 36.6 Å². The van der Waals surface area contributed by atoms with E-state index in [1.807, 2.05) is 48.5 Å². The van der Waals surface area contributed by atoms with Crippen LogP contribution in [0.25, 0.3) is 11.1 Å². The van der Waals surface area contributed by atoms with E-state index in [0.29, 0.717) is 40.9 Å². The Hall–Kier alpha value is -6.02. The molecule has 4 aromatic carbocycles. The zero-order valence-electron chi connectivity index (χ0n) is 26.5. The Balaban J connectivity index is 0.000000872. The van der Waals surface area contributed by atoms with Crippen molar-refractivity contribution in [3.63, 3.8) is 0 Å². The van der Waals surface area contributed by atoms with Gasteiger partial charge in [-0.2, -0.15) is 13.2 Å². The quantitative estimate of drug-likeness (QED) is 0.189. The number of alkyl halides is 3. The van der Waals surface area contributed by atoms with E-state index in [1.54, 1.807) is 60.7 Å². The van der Waals surface area contributed by atoms with Crippen molar-refractivity contribution in [1.29, 1.82) is 0 Å². The number of carboxylic acid groups (broad SMARTS) is 2. The van der Waals surface area contributed by atoms with Gasteiger partial charge in [-0.05, 0) is 39.9 Å². The Morgan fingerprint density at radius 1 is 0.760 bits per heavy atom. The SMILES string of the molecule is NCCNC(=O)c1ccccc1-c1cccc(CN(C(=O)CNC(=O)Cc2ccccc2)C(C(=O)[O-])c2ccccc2)c1.O=C([O-])C(F)(F)F. The van der Waals surface area contributed by atoms with Gasteiger partial charge in [0.2, 0.25) is 11.8 Å². The van der Waals surface area contributed by atoms with Crippen LogP contribution in [0.1, 0.15) is 33.1 Å². The summed E-state index contributed by atoms with van der Waals surface area (Å²) in [4.78, 5) is 61.4. The van der Waals surface area contributed by atoms with Crippen molar-refractivity contribution in [2.24, 2.45) is 5.73 Å². The second-order valence-electron chi connectivity index (χ2n) is 10.7.